The fourth-order valence-electron chi connectivity index (χ4n) is 1.56. The van der Waals surface area contributed by atoms with Gasteiger partial charge in [0.15, 0.2) is 0 Å². The Bertz CT molecular complexity index is 672. The van der Waals surface area contributed by atoms with E-state index in [1.54, 1.807) is 12.1 Å². The van der Waals surface area contributed by atoms with Gasteiger partial charge in [-0.25, -0.2) is 8.78 Å². The molecule has 3 N–H and O–H groups in total. The Labute approximate surface area is 130 Å². The van der Waals surface area contributed by atoms with Crippen molar-refractivity contribution in [3.8, 4) is 0 Å². The predicted octanol–water partition coefficient (Wildman–Crippen LogP) is 4.32. The van der Waals surface area contributed by atoms with E-state index >= 15 is 0 Å². The molecule has 104 valence electrons. The summed E-state index contributed by atoms with van der Waals surface area (Å²) >= 11 is 6.14. The molecule has 2 aromatic carbocycles. The van der Waals surface area contributed by atoms with Crippen LogP contribution < -0.4 is 11.1 Å². The topological polar surface area (TPSA) is 55.1 Å². The molecule has 3 nitrogen and oxygen atoms in total. The minimum absolute atomic E-state index is 0.0583. The highest BCUT2D eigenvalue weighted by Gasteiger charge is 2.13. The summed E-state index contributed by atoms with van der Waals surface area (Å²) in [5.74, 6) is -2.15. The minimum Gasteiger partial charge on any atom is -0.399 e. The van der Waals surface area contributed by atoms with Crippen molar-refractivity contribution < 1.29 is 13.6 Å². The highest BCUT2D eigenvalue weighted by Crippen LogP contribution is 2.25. The number of amides is 1. The number of hydrogen-bond acceptors (Lipinski definition) is 2. The van der Waals surface area contributed by atoms with E-state index in [-0.39, 0.29) is 15.7 Å². The maximum Gasteiger partial charge on any atom is 0.255 e. The third-order valence-electron chi connectivity index (χ3n) is 2.44. The number of nitrogen functional groups attached to an aromatic ring is 1. The average molecular weight is 406 g/mol. The number of nitrogens with two attached hydrogens (primary N) is 1. The molecule has 0 aliphatic heterocycles. The summed E-state index contributed by atoms with van der Waals surface area (Å²) < 4.78 is 27.3. The van der Waals surface area contributed by atoms with Crippen LogP contribution in [0.2, 0.25) is 0 Å². The first-order chi connectivity index (χ1) is 9.36. The van der Waals surface area contributed by atoms with Gasteiger partial charge in [-0.3, -0.25) is 4.79 Å². The molecule has 0 saturated heterocycles. The van der Waals surface area contributed by atoms with Gasteiger partial charge in [0.1, 0.15) is 11.6 Å². The van der Waals surface area contributed by atoms with Crippen molar-refractivity contribution in [2.45, 2.75) is 0 Å². The Kier molecular flexibility index (Phi) is 4.39. The van der Waals surface area contributed by atoms with Gasteiger partial charge in [0.25, 0.3) is 5.91 Å². The van der Waals surface area contributed by atoms with Crippen molar-refractivity contribution in [2.24, 2.45) is 0 Å². The zero-order valence-electron chi connectivity index (χ0n) is 9.88. The highest BCUT2D eigenvalue weighted by molar-refractivity contribution is 9.10. The van der Waals surface area contributed by atoms with Crippen LogP contribution in [0, 0.1) is 11.6 Å². The molecule has 0 aromatic heterocycles. The van der Waals surface area contributed by atoms with Gasteiger partial charge in [0.2, 0.25) is 0 Å². The number of carbonyl (C=O) groups excluding carboxylic acids is 1. The molecule has 0 fully saturated rings. The smallest absolute Gasteiger partial charge is 0.255 e. The van der Waals surface area contributed by atoms with Crippen molar-refractivity contribution in [3.63, 3.8) is 0 Å². The predicted molar refractivity (Wildman–Crippen MR) is 80.6 cm³/mol. The molecule has 0 atom stereocenters. The second-order valence-electron chi connectivity index (χ2n) is 3.97. The van der Waals surface area contributed by atoms with Gasteiger partial charge in [-0.15, -0.1) is 0 Å². The fourth-order valence-corrected chi connectivity index (χ4v) is 2.41. The third kappa shape index (κ3) is 3.34. The van der Waals surface area contributed by atoms with Crippen LogP contribution in [0.4, 0.5) is 20.2 Å². The molecular weight excluding hydrogens is 398 g/mol. The number of hydrogen-bond donors (Lipinski definition) is 2. The molecule has 2 rings (SSSR count). The van der Waals surface area contributed by atoms with Crippen LogP contribution >= 0.6 is 31.9 Å². The molecule has 0 aliphatic carbocycles. The number of halogens is 4. The van der Waals surface area contributed by atoms with Gasteiger partial charge in [-0.2, -0.15) is 0 Å². The van der Waals surface area contributed by atoms with Gasteiger partial charge in [0, 0.05) is 21.8 Å². The molecule has 0 aliphatic rings. The van der Waals surface area contributed by atoms with Gasteiger partial charge in [0.05, 0.1) is 10.2 Å². The zero-order valence-corrected chi connectivity index (χ0v) is 13.1. The SMILES string of the molecule is Nc1cc(Br)cc(C(=O)Nc2cc(Br)c(F)cc2F)c1. The Morgan fingerprint density at radius 2 is 1.75 bits per heavy atom. The summed E-state index contributed by atoms with van der Waals surface area (Å²) in [5.41, 5.74) is 6.15. The van der Waals surface area contributed by atoms with E-state index in [1.807, 2.05) is 0 Å². The summed E-state index contributed by atoms with van der Waals surface area (Å²) in [4.78, 5) is 12.0. The molecule has 0 spiro atoms. The van der Waals surface area contributed by atoms with Crippen LogP contribution in [0.1, 0.15) is 10.4 Å². The lowest BCUT2D eigenvalue weighted by Gasteiger charge is -2.08. The number of nitrogens with one attached hydrogen (secondary N) is 1. The van der Waals surface area contributed by atoms with Crippen LogP contribution in [0.3, 0.4) is 0 Å². The molecule has 1 amide bonds. The largest absolute Gasteiger partial charge is 0.399 e. The summed E-state index contributed by atoms with van der Waals surface area (Å²) in [7, 11) is 0. The normalized spacial score (nSPS) is 10.4. The molecule has 0 unspecified atom stereocenters. The standard InChI is InChI=1S/C13H8Br2F2N2O/c14-7-1-6(2-8(18)3-7)13(20)19-12-4-9(15)10(16)5-11(12)17/h1-5H,18H2,(H,19,20). The first kappa shape index (κ1) is 14.9. The lowest BCUT2D eigenvalue weighted by Crippen LogP contribution is -2.13. The van der Waals surface area contributed by atoms with Crippen LogP contribution in [0.25, 0.3) is 0 Å². The number of carbonyl (C=O) groups is 1. The van der Waals surface area contributed by atoms with Crippen LogP contribution in [0.5, 0.6) is 0 Å². The van der Waals surface area contributed by atoms with Crippen molar-refractivity contribution in [2.75, 3.05) is 11.1 Å². The first-order valence-corrected chi connectivity index (χ1v) is 6.97. The summed E-state index contributed by atoms with van der Waals surface area (Å²) in [6.07, 6.45) is 0. The van der Waals surface area contributed by atoms with Crippen molar-refractivity contribution in [1.82, 2.24) is 0 Å². The summed E-state index contributed by atoms with van der Waals surface area (Å²) in [6.45, 7) is 0. The Morgan fingerprint density at radius 3 is 2.40 bits per heavy atom. The van der Waals surface area contributed by atoms with E-state index < -0.39 is 17.5 Å². The second-order valence-corrected chi connectivity index (χ2v) is 5.74. The van der Waals surface area contributed by atoms with Crippen LogP contribution in [0.15, 0.2) is 39.3 Å². The molecular formula is C13H8Br2F2N2O. The molecule has 0 heterocycles. The maximum absolute atomic E-state index is 13.6. The van der Waals surface area contributed by atoms with Gasteiger partial charge in [-0.05, 0) is 40.2 Å². The van der Waals surface area contributed by atoms with E-state index in [0.29, 0.717) is 16.2 Å². The van der Waals surface area contributed by atoms with Gasteiger partial charge < -0.3 is 11.1 Å². The zero-order chi connectivity index (χ0) is 14.9. The van der Waals surface area contributed by atoms with E-state index in [2.05, 4.69) is 37.2 Å². The fraction of sp³-hybridized carbons (Fsp3) is 0. The average Bonchev–Trinajstić information content (AvgIpc) is 2.34. The van der Waals surface area contributed by atoms with E-state index in [9.17, 15) is 13.6 Å². The van der Waals surface area contributed by atoms with E-state index in [4.69, 9.17) is 5.73 Å². The van der Waals surface area contributed by atoms with Gasteiger partial charge >= 0.3 is 0 Å². The van der Waals surface area contributed by atoms with Crippen LogP contribution in [-0.2, 0) is 0 Å². The van der Waals surface area contributed by atoms with Crippen molar-refractivity contribution in [1.29, 1.82) is 0 Å². The lowest BCUT2D eigenvalue weighted by atomic mass is 10.2. The minimum atomic E-state index is -0.859. The molecule has 0 bridgehead atoms. The number of rotatable bonds is 2. The van der Waals surface area contributed by atoms with Crippen molar-refractivity contribution >= 4 is 49.1 Å². The van der Waals surface area contributed by atoms with Gasteiger partial charge in [-0.1, -0.05) is 15.9 Å². The van der Waals surface area contributed by atoms with Crippen molar-refractivity contribution in [3.05, 3.63) is 56.5 Å². The number of anilines is 2. The third-order valence-corrected chi connectivity index (χ3v) is 3.51. The Balaban J connectivity index is 2.30. The van der Waals surface area contributed by atoms with E-state index in [1.165, 1.54) is 6.07 Å². The molecule has 7 heteroatoms. The molecule has 20 heavy (non-hydrogen) atoms. The molecule has 0 saturated carbocycles. The lowest BCUT2D eigenvalue weighted by molar-refractivity contribution is 0.102. The van der Waals surface area contributed by atoms with E-state index in [0.717, 1.165) is 6.07 Å². The maximum atomic E-state index is 13.6. The quantitative estimate of drug-likeness (QED) is 0.577. The summed E-state index contributed by atoms with van der Waals surface area (Å²) in [6, 6.07) is 6.48. The molecule has 2 aromatic rings. The number of benzene rings is 2. The Hall–Kier alpha value is -1.47. The molecule has 0 radical (unpaired) electrons. The highest BCUT2D eigenvalue weighted by atomic mass is 79.9. The first-order valence-electron chi connectivity index (χ1n) is 5.39. The second kappa shape index (κ2) is 5.88. The van der Waals surface area contributed by atoms with Crippen LogP contribution in [-0.4, -0.2) is 5.91 Å². The Morgan fingerprint density at radius 1 is 1.05 bits per heavy atom. The monoisotopic (exact) mass is 404 g/mol. The summed E-state index contributed by atoms with van der Waals surface area (Å²) in [5, 5.41) is 2.36.